The number of esters is 2. The Balaban J connectivity index is 3.42. The molecule has 0 radical (unpaired) electrons. The van der Waals surface area contributed by atoms with Crippen molar-refractivity contribution in [3.63, 3.8) is 0 Å². The van der Waals surface area contributed by atoms with Gasteiger partial charge in [-0.25, -0.2) is 0 Å². The SMILES string of the molecule is CCCCCCC/C=C\C/C=C\C/C=C\CCCCCCCCCCCCCCCCCCCCC(=O)OC(CO)COC(=O)CCCCCCCCCCCCCCC. The van der Waals surface area contributed by atoms with Gasteiger partial charge in [0.05, 0.1) is 6.61 Å². The van der Waals surface area contributed by atoms with Gasteiger partial charge in [0.15, 0.2) is 6.10 Å². The van der Waals surface area contributed by atoms with Crippen LogP contribution in [0.15, 0.2) is 36.5 Å². The average molecular weight is 843 g/mol. The molecule has 1 atom stereocenters. The van der Waals surface area contributed by atoms with Gasteiger partial charge in [-0.05, 0) is 51.4 Å². The highest BCUT2D eigenvalue weighted by molar-refractivity contribution is 5.70. The van der Waals surface area contributed by atoms with Gasteiger partial charge >= 0.3 is 11.9 Å². The van der Waals surface area contributed by atoms with Gasteiger partial charge in [-0.15, -0.1) is 0 Å². The fraction of sp³-hybridized carbons (Fsp3) is 0.855. The van der Waals surface area contributed by atoms with Crippen molar-refractivity contribution >= 4 is 11.9 Å². The number of hydrogen-bond donors (Lipinski definition) is 1. The maximum Gasteiger partial charge on any atom is 0.306 e. The molecule has 0 amide bonds. The number of ether oxygens (including phenoxy) is 2. The van der Waals surface area contributed by atoms with Crippen LogP contribution in [0.1, 0.15) is 284 Å². The molecular formula is C55H102O5. The van der Waals surface area contributed by atoms with Gasteiger partial charge < -0.3 is 14.6 Å². The molecule has 0 saturated carbocycles. The minimum atomic E-state index is -0.767. The number of carbonyl (C=O) groups excluding carboxylic acids is 2. The third kappa shape index (κ3) is 48.8. The van der Waals surface area contributed by atoms with Crippen molar-refractivity contribution in [3.8, 4) is 0 Å². The molecule has 0 aliphatic carbocycles. The van der Waals surface area contributed by atoms with Crippen LogP contribution in [0.2, 0.25) is 0 Å². The summed E-state index contributed by atoms with van der Waals surface area (Å²) >= 11 is 0. The van der Waals surface area contributed by atoms with E-state index in [-0.39, 0.29) is 25.2 Å². The third-order valence-electron chi connectivity index (χ3n) is 11.9. The molecule has 352 valence electrons. The number of hydrogen-bond acceptors (Lipinski definition) is 5. The van der Waals surface area contributed by atoms with Gasteiger partial charge in [0.25, 0.3) is 0 Å². The first-order chi connectivity index (χ1) is 29.6. The highest BCUT2D eigenvalue weighted by Gasteiger charge is 2.16. The molecule has 0 heterocycles. The molecule has 0 aromatic rings. The average Bonchev–Trinajstić information content (AvgIpc) is 3.25. The summed E-state index contributed by atoms with van der Waals surface area (Å²) in [6.07, 6.45) is 65.4. The zero-order chi connectivity index (χ0) is 43.5. The molecule has 0 bridgehead atoms. The van der Waals surface area contributed by atoms with Gasteiger partial charge in [0.1, 0.15) is 6.61 Å². The lowest BCUT2D eigenvalue weighted by Crippen LogP contribution is -2.28. The third-order valence-corrected chi connectivity index (χ3v) is 11.9. The quantitative estimate of drug-likeness (QED) is 0.0375. The Hall–Kier alpha value is -1.88. The number of allylic oxidation sites excluding steroid dienone is 6. The van der Waals surface area contributed by atoms with Crippen LogP contribution >= 0.6 is 0 Å². The topological polar surface area (TPSA) is 72.8 Å². The van der Waals surface area contributed by atoms with E-state index in [4.69, 9.17) is 9.47 Å². The molecule has 0 saturated heterocycles. The number of unbranched alkanes of at least 4 members (excludes halogenated alkanes) is 35. The van der Waals surface area contributed by atoms with E-state index in [2.05, 4.69) is 50.3 Å². The predicted molar refractivity (Wildman–Crippen MR) is 261 cm³/mol. The molecule has 1 N–H and O–H groups in total. The van der Waals surface area contributed by atoms with Crippen LogP contribution in [-0.4, -0.2) is 36.4 Å². The molecule has 5 heteroatoms. The number of aliphatic hydroxyl groups excluding tert-OH is 1. The van der Waals surface area contributed by atoms with E-state index in [0.29, 0.717) is 12.8 Å². The van der Waals surface area contributed by atoms with Crippen molar-refractivity contribution in [2.75, 3.05) is 13.2 Å². The molecule has 0 fully saturated rings. The maximum absolute atomic E-state index is 12.3. The predicted octanol–water partition coefficient (Wildman–Crippen LogP) is 17.5. The zero-order valence-corrected chi connectivity index (χ0v) is 40.2. The Bertz CT molecular complexity index is 955. The Kier molecular flexibility index (Phi) is 49.9. The van der Waals surface area contributed by atoms with Crippen molar-refractivity contribution in [1.82, 2.24) is 0 Å². The summed E-state index contributed by atoms with van der Waals surface area (Å²) in [5, 5.41) is 9.61. The van der Waals surface area contributed by atoms with E-state index < -0.39 is 6.10 Å². The second-order valence-electron chi connectivity index (χ2n) is 18.0. The summed E-state index contributed by atoms with van der Waals surface area (Å²) in [5.41, 5.74) is 0. The lowest BCUT2D eigenvalue weighted by Gasteiger charge is -2.15. The van der Waals surface area contributed by atoms with Gasteiger partial charge in [0.2, 0.25) is 0 Å². The first-order valence-corrected chi connectivity index (χ1v) is 26.5. The van der Waals surface area contributed by atoms with Crippen molar-refractivity contribution in [2.45, 2.75) is 290 Å². The minimum Gasteiger partial charge on any atom is -0.462 e. The first kappa shape index (κ1) is 58.1. The van der Waals surface area contributed by atoms with Crippen LogP contribution in [0.4, 0.5) is 0 Å². The summed E-state index contributed by atoms with van der Waals surface area (Å²) < 4.78 is 10.7. The Morgan fingerprint density at radius 2 is 0.667 bits per heavy atom. The van der Waals surface area contributed by atoms with E-state index in [0.717, 1.165) is 51.4 Å². The highest BCUT2D eigenvalue weighted by Crippen LogP contribution is 2.17. The number of carbonyl (C=O) groups is 2. The van der Waals surface area contributed by atoms with Gasteiger partial charge in [-0.3, -0.25) is 9.59 Å². The molecule has 0 aliphatic heterocycles. The Labute approximate surface area is 374 Å². The van der Waals surface area contributed by atoms with E-state index in [1.165, 1.54) is 205 Å². The normalized spacial score (nSPS) is 12.4. The molecule has 1 unspecified atom stereocenters. The van der Waals surface area contributed by atoms with Crippen molar-refractivity contribution < 1.29 is 24.2 Å². The van der Waals surface area contributed by atoms with Crippen LogP contribution in [0, 0.1) is 0 Å². The molecule has 0 aromatic carbocycles. The summed E-state index contributed by atoms with van der Waals surface area (Å²) in [7, 11) is 0. The van der Waals surface area contributed by atoms with Crippen molar-refractivity contribution in [3.05, 3.63) is 36.5 Å². The van der Waals surface area contributed by atoms with Crippen LogP contribution in [-0.2, 0) is 19.1 Å². The second kappa shape index (κ2) is 51.5. The van der Waals surface area contributed by atoms with Crippen LogP contribution in [0.25, 0.3) is 0 Å². The largest absolute Gasteiger partial charge is 0.462 e. The van der Waals surface area contributed by atoms with Gasteiger partial charge in [-0.2, -0.15) is 0 Å². The fourth-order valence-corrected chi connectivity index (χ4v) is 7.92. The smallest absolute Gasteiger partial charge is 0.306 e. The molecular weight excluding hydrogens is 741 g/mol. The second-order valence-corrected chi connectivity index (χ2v) is 18.0. The molecule has 0 rings (SSSR count). The maximum atomic E-state index is 12.3. The van der Waals surface area contributed by atoms with E-state index >= 15 is 0 Å². The fourth-order valence-electron chi connectivity index (χ4n) is 7.92. The summed E-state index contributed by atoms with van der Waals surface area (Å²) in [5.74, 6) is -0.576. The summed E-state index contributed by atoms with van der Waals surface area (Å²) in [4.78, 5) is 24.4. The number of rotatable bonds is 49. The van der Waals surface area contributed by atoms with Gasteiger partial charge in [-0.1, -0.05) is 256 Å². The number of aliphatic hydroxyl groups is 1. The van der Waals surface area contributed by atoms with Crippen LogP contribution in [0.3, 0.4) is 0 Å². The lowest BCUT2D eigenvalue weighted by molar-refractivity contribution is -0.161. The molecule has 60 heavy (non-hydrogen) atoms. The standard InChI is InChI=1S/C55H102O5/c1-3-5-7-9-11-13-15-17-18-19-20-21-22-23-24-25-26-27-28-29-30-31-32-33-34-35-36-38-40-42-44-46-48-50-55(58)60-53(51-56)52-59-54(57)49-47-45-43-41-39-37-16-14-12-10-8-6-4-2/h15,17,19-20,22-23,53,56H,3-14,16,18,21,24-52H2,1-2H3/b17-15-,20-19-,23-22-. The van der Waals surface area contributed by atoms with E-state index in [1.807, 2.05) is 0 Å². The van der Waals surface area contributed by atoms with Crippen LogP contribution < -0.4 is 0 Å². The minimum absolute atomic E-state index is 0.0601. The first-order valence-electron chi connectivity index (χ1n) is 26.5. The molecule has 0 aliphatic rings. The van der Waals surface area contributed by atoms with Crippen molar-refractivity contribution in [2.24, 2.45) is 0 Å². The van der Waals surface area contributed by atoms with Gasteiger partial charge in [0, 0.05) is 12.8 Å². The zero-order valence-electron chi connectivity index (χ0n) is 40.2. The summed E-state index contributed by atoms with van der Waals surface area (Å²) in [6.45, 7) is 4.15. The highest BCUT2D eigenvalue weighted by atomic mass is 16.6. The molecule has 0 aromatic heterocycles. The van der Waals surface area contributed by atoms with Crippen molar-refractivity contribution in [1.29, 1.82) is 0 Å². The Morgan fingerprint density at radius 3 is 1.00 bits per heavy atom. The monoisotopic (exact) mass is 843 g/mol. The lowest BCUT2D eigenvalue weighted by atomic mass is 10.0. The van der Waals surface area contributed by atoms with E-state index in [9.17, 15) is 14.7 Å². The van der Waals surface area contributed by atoms with E-state index in [1.54, 1.807) is 0 Å². The summed E-state index contributed by atoms with van der Waals surface area (Å²) in [6, 6.07) is 0. The van der Waals surface area contributed by atoms with Crippen LogP contribution in [0.5, 0.6) is 0 Å². The Morgan fingerprint density at radius 1 is 0.383 bits per heavy atom. The molecule has 5 nitrogen and oxygen atoms in total. The molecule has 0 spiro atoms.